The van der Waals surface area contributed by atoms with E-state index in [0.717, 1.165) is 19.3 Å². The van der Waals surface area contributed by atoms with Crippen LogP contribution < -0.4 is 0 Å². The largest absolute Gasteiger partial charge is 0.396 e. The smallest absolute Gasteiger partial charge is 0.0531 e. The molecule has 0 aromatic heterocycles. The van der Waals surface area contributed by atoms with Gasteiger partial charge in [0.05, 0.1) is 112 Å². The van der Waals surface area contributed by atoms with Crippen molar-refractivity contribution in [3.05, 3.63) is 0 Å². The lowest BCUT2D eigenvalue weighted by Crippen LogP contribution is -2.32. The van der Waals surface area contributed by atoms with Crippen molar-refractivity contribution < 1.29 is 230 Å². The third-order valence-corrected chi connectivity index (χ3v) is 25.5. The van der Waals surface area contributed by atoms with Gasteiger partial charge in [-0.25, -0.2) is 0 Å². The Balaban J connectivity index is -0.0000000954. The third kappa shape index (κ3) is 110. The van der Waals surface area contributed by atoms with Crippen LogP contribution in [0.3, 0.4) is 0 Å². The van der Waals surface area contributed by atoms with Crippen molar-refractivity contribution >= 4 is 0 Å². The van der Waals surface area contributed by atoms with Crippen LogP contribution in [0, 0.1) is 83.7 Å². The normalized spacial score (nSPS) is 11.6. The van der Waals surface area contributed by atoms with Gasteiger partial charge in [-0.1, -0.05) is 75.7 Å². The SMILES string of the molecule is CC(CCO)(CCO)CCO.CC(CO)(CCO)CCO.CC(CO)(CO)CCCO.CC(CO)(CO)CCO.CC(CO)(CO)CO.CCC(CCO)(CCO)CCO.CCC(CO)(CCO)CCO.CCC(CO)(CO)CCCO.CCC(CO)(CO)CCO.CCC(CO)(CO)CO.OCC(CO)CO.OCCC(CCO)CCO.OCCC(CO)CCO.OCCC(CO)CO.OCCCC(CO)CO. The van der Waals surface area contributed by atoms with Crippen molar-refractivity contribution in [1.29, 1.82) is 0 Å². The van der Waals surface area contributed by atoms with Crippen LogP contribution in [0.1, 0.15) is 255 Å². The van der Waals surface area contributed by atoms with Gasteiger partial charge in [0.2, 0.25) is 0 Å². The van der Waals surface area contributed by atoms with E-state index in [1.54, 1.807) is 20.8 Å². The molecule has 0 amide bonds. The predicted molar refractivity (Wildman–Crippen MR) is 551 cm³/mol. The molecule has 45 heteroatoms. The van der Waals surface area contributed by atoms with Gasteiger partial charge in [0.25, 0.3) is 0 Å². The summed E-state index contributed by atoms with van der Waals surface area (Å²) in [4.78, 5) is 0. The number of hydrogen-bond donors (Lipinski definition) is 45. The fourth-order valence-electron chi connectivity index (χ4n) is 11.5. The summed E-state index contributed by atoms with van der Waals surface area (Å²) < 4.78 is 0. The first-order valence-corrected chi connectivity index (χ1v) is 50.8. The zero-order chi connectivity index (χ0) is 115. The number of aliphatic hydroxyl groups is 45. The Labute approximate surface area is 862 Å². The van der Waals surface area contributed by atoms with Crippen LogP contribution in [0.25, 0.3) is 0 Å². The molecule has 0 saturated heterocycles. The van der Waals surface area contributed by atoms with E-state index in [-0.39, 0.29) is 354 Å². The molecule has 894 valence electrons. The minimum atomic E-state index is -0.708. The fourth-order valence-corrected chi connectivity index (χ4v) is 11.5. The van der Waals surface area contributed by atoms with E-state index in [9.17, 15) is 0 Å². The maximum atomic E-state index is 9.02. The van der Waals surface area contributed by atoms with E-state index in [1.807, 2.05) is 48.5 Å². The minimum Gasteiger partial charge on any atom is -0.396 e. The van der Waals surface area contributed by atoms with Crippen LogP contribution in [0.5, 0.6) is 0 Å². The Kier molecular flexibility index (Phi) is 156. The Morgan fingerprint density at radius 3 is 0.479 bits per heavy atom. The van der Waals surface area contributed by atoms with Crippen molar-refractivity contribution in [2.45, 2.75) is 255 Å². The molecular weight excluding hydrogens is 1910 g/mol. The first kappa shape index (κ1) is 175. The van der Waals surface area contributed by atoms with Gasteiger partial charge >= 0.3 is 0 Å². The van der Waals surface area contributed by atoms with Crippen LogP contribution in [0.4, 0.5) is 0 Å². The van der Waals surface area contributed by atoms with E-state index < -0.39 is 27.1 Å². The maximum Gasteiger partial charge on any atom is 0.0531 e. The summed E-state index contributed by atoms with van der Waals surface area (Å²) in [7, 11) is 0. The average molecular weight is 2140 g/mol. The van der Waals surface area contributed by atoms with Crippen LogP contribution in [0.15, 0.2) is 0 Å². The van der Waals surface area contributed by atoms with Crippen LogP contribution in [-0.2, 0) is 0 Å². The highest BCUT2D eigenvalue weighted by Crippen LogP contribution is 2.35. The lowest BCUT2D eigenvalue weighted by Gasteiger charge is -2.30. The molecule has 0 bridgehead atoms. The highest BCUT2D eigenvalue weighted by molar-refractivity contribution is 4.81. The molecule has 0 atom stereocenters. The molecule has 45 nitrogen and oxygen atoms in total. The summed E-state index contributed by atoms with van der Waals surface area (Å²) in [5.41, 5.74) is -3.85. The summed E-state index contributed by atoms with van der Waals surface area (Å²) in [5, 5.41) is 387. The van der Waals surface area contributed by atoms with E-state index in [1.165, 1.54) is 0 Å². The van der Waals surface area contributed by atoms with Crippen LogP contribution in [0.2, 0.25) is 0 Å². The highest BCUT2D eigenvalue weighted by atomic mass is 16.3. The second-order valence-electron chi connectivity index (χ2n) is 37.9. The molecule has 0 rings (SSSR count). The topological polar surface area (TPSA) is 910 Å². The second-order valence-corrected chi connectivity index (χ2v) is 37.9. The van der Waals surface area contributed by atoms with E-state index >= 15 is 0 Å². The summed E-state index contributed by atoms with van der Waals surface area (Å²) in [5.74, 6) is -0.183. The molecule has 0 heterocycles. The first-order valence-electron chi connectivity index (χ1n) is 50.8. The van der Waals surface area contributed by atoms with Crippen molar-refractivity contribution in [2.75, 3.05) is 297 Å². The average Bonchev–Trinajstić information content (AvgIpc) is 0.884. The Bertz CT molecular complexity index is 2100. The zero-order valence-corrected chi connectivity index (χ0v) is 90.3. The molecule has 0 radical (unpaired) electrons. The molecule has 0 aromatic rings. The maximum absolute atomic E-state index is 9.02. The highest BCUT2D eigenvalue weighted by Gasteiger charge is 2.31. The van der Waals surface area contributed by atoms with Gasteiger partial charge in [0, 0.05) is 235 Å². The minimum absolute atomic E-state index is 0. The summed E-state index contributed by atoms with van der Waals surface area (Å²) in [6.07, 6.45) is 18.5. The van der Waals surface area contributed by atoms with Gasteiger partial charge in [0.1, 0.15) is 0 Å². The summed E-state index contributed by atoms with van der Waals surface area (Å²) in [6, 6.07) is 0. The molecule has 0 aromatic carbocycles. The number of rotatable bonds is 74. The van der Waals surface area contributed by atoms with Crippen LogP contribution in [-0.4, -0.2) is 527 Å². The Morgan fingerprint density at radius 2 is 0.312 bits per heavy atom. The van der Waals surface area contributed by atoms with Gasteiger partial charge in [-0.2, -0.15) is 0 Å². The first-order chi connectivity index (χ1) is 68.4. The summed E-state index contributed by atoms with van der Waals surface area (Å²) >= 11 is 0. The lowest BCUT2D eigenvalue weighted by molar-refractivity contribution is 0.00301. The summed E-state index contributed by atoms with van der Waals surface area (Å²) in [6.45, 7) is 19.0. The standard InChI is InChI=1S/C9H20O3.3C8H18O3.4C7H16O3.4C6H14O3.2C5H12O3.C4H10O3/c1-2-9(3-6-10,4-7-11)5-8-12;1-8(2-5-9,3-6-10)4-7-11;1-2-8(7-11,3-5-9)4-6-10;1-2-8(6-10,7-11)4-3-5-9;1-7(6-10,2-4-8)3-5-9;8-4-1-7(2-5-9)3-6-10;1-7(5-9,6-10)3-2-4-8;1-2-7(5-9,6-10)3-4-8;1-6(4-8,5-9)2-3-7;7-3-1-6(5-9)2-4-8;1-2-6(3-7,4-8)5-9;7-3-1-2-6(4-8)5-9;1-5(2-6,3-7)4-8;6-2-1-5(3-7)4-8;5-1-4(2-6)3-7/h10-12H,2-8H2,1H3;3*9-11H,2-7H2,1H3;8-10H,2-6H2,1H3;7-10H,1-6H2;2*8-10H,2-6H2,1H3;7-9H,2-5H2,1H3;6-9H,1-5H2;7-9H,2-5H2,1H3;6-9H,1-5H2;6-8H,2-4H2,1H3;5-8H,1-4H2;4-7H,1-3H2. The van der Waals surface area contributed by atoms with Crippen LogP contribution >= 0.6 is 0 Å². The molecule has 0 unspecified atom stereocenters. The van der Waals surface area contributed by atoms with Gasteiger partial charge in [-0.15, -0.1) is 0 Å². The fraction of sp³-hybridized carbons (Fsp3) is 1.00. The van der Waals surface area contributed by atoms with Crippen molar-refractivity contribution in [2.24, 2.45) is 83.7 Å². The molecule has 45 N–H and O–H groups in total. The lowest BCUT2D eigenvalue weighted by atomic mass is 9.76. The van der Waals surface area contributed by atoms with Gasteiger partial charge < -0.3 is 230 Å². The molecule has 144 heavy (non-hydrogen) atoms. The Hall–Kier alpha value is -1.80. The third-order valence-electron chi connectivity index (χ3n) is 25.5. The zero-order valence-electron chi connectivity index (χ0n) is 90.3. The van der Waals surface area contributed by atoms with E-state index in [4.69, 9.17) is 230 Å². The van der Waals surface area contributed by atoms with Crippen molar-refractivity contribution in [3.8, 4) is 0 Å². The van der Waals surface area contributed by atoms with Crippen molar-refractivity contribution in [1.82, 2.24) is 0 Å². The Morgan fingerprint density at radius 1 is 0.125 bits per heavy atom. The molecular formula is C99H228O45. The van der Waals surface area contributed by atoms with E-state index in [0.29, 0.717) is 167 Å². The van der Waals surface area contributed by atoms with E-state index in [2.05, 4.69) is 0 Å². The van der Waals surface area contributed by atoms with Gasteiger partial charge in [-0.3, -0.25) is 0 Å². The number of hydrogen-bond acceptors (Lipinski definition) is 45. The van der Waals surface area contributed by atoms with Gasteiger partial charge in [0.15, 0.2) is 0 Å². The molecule has 0 aliphatic heterocycles. The number of aliphatic hydroxyl groups excluding tert-OH is 45. The molecule has 0 aliphatic rings. The molecule has 0 aliphatic carbocycles. The second kappa shape index (κ2) is 128. The van der Waals surface area contributed by atoms with Crippen molar-refractivity contribution in [3.63, 3.8) is 0 Å². The predicted octanol–water partition coefficient (Wildman–Crippen LogP) is -6.09. The molecule has 0 spiro atoms. The quantitative estimate of drug-likeness (QED) is 0.0269. The molecule has 0 fully saturated rings. The van der Waals surface area contributed by atoms with Gasteiger partial charge in [-0.05, 0) is 213 Å². The monoisotopic (exact) mass is 2140 g/mol. The molecule has 0 saturated carbocycles.